The van der Waals surface area contributed by atoms with Gasteiger partial charge in [-0.05, 0) is 67.6 Å². The van der Waals surface area contributed by atoms with Gasteiger partial charge in [0.15, 0.2) is 0 Å². The first kappa shape index (κ1) is 20.9. The lowest BCUT2D eigenvalue weighted by Crippen LogP contribution is -2.29. The summed E-state index contributed by atoms with van der Waals surface area (Å²) in [6.07, 6.45) is 5.16. The largest absolute Gasteiger partial charge is 0.372 e. The third kappa shape index (κ3) is 4.37. The molecule has 6 nitrogen and oxygen atoms in total. The van der Waals surface area contributed by atoms with Crippen LogP contribution in [0.15, 0.2) is 53.4 Å². The van der Waals surface area contributed by atoms with Gasteiger partial charge in [0.2, 0.25) is 15.9 Å². The Morgan fingerprint density at radius 1 is 0.833 bits per heavy atom. The van der Waals surface area contributed by atoms with Crippen LogP contribution in [0.4, 0.5) is 11.4 Å². The predicted molar refractivity (Wildman–Crippen MR) is 119 cm³/mol. The Hall–Kier alpha value is -2.38. The fourth-order valence-electron chi connectivity index (χ4n) is 4.21. The number of rotatable bonds is 6. The average molecular weight is 428 g/mol. The maximum Gasteiger partial charge on any atom is 0.243 e. The van der Waals surface area contributed by atoms with Gasteiger partial charge in [-0.3, -0.25) is 4.79 Å². The van der Waals surface area contributed by atoms with E-state index < -0.39 is 10.0 Å². The Bertz CT molecular complexity index is 981. The van der Waals surface area contributed by atoms with Crippen LogP contribution in [0, 0.1) is 0 Å². The van der Waals surface area contributed by atoms with Gasteiger partial charge in [-0.25, -0.2) is 8.42 Å². The Labute approximate surface area is 179 Å². The van der Waals surface area contributed by atoms with E-state index in [0.717, 1.165) is 30.8 Å². The molecule has 2 aromatic rings. The van der Waals surface area contributed by atoms with E-state index in [9.17, 15) is 13.2 Å². The number of benzene rings is 2. The first-order chi connectivity index (χ1) is 14.4. The summed E-state index contributed by atoms with van der Waals surface area (Å²) in [6, 6.07) is 14.8. The van der Waals surface area contributed by atoms with E-state index >= 15 is 0 Å². The minimum absolute atomic E-state index is 0.0933. The highest BCUT2D eigenvalue weighted by Gasteiger charge is 2.24. The summed E-state index contributed by atoms with van der Waals surface area (Å²) in [5, 5.41) is 0. The van der Waals surface area contributed by atoms with Crippen molar-refractivity contribution in [2.45, 2.75) is 43.5 Å². The van der Waals surface area contributed by atoms with Gasteiger partial charge in [-0.15, -0.1) is 0 Å². The zero-order valence-electron chi connectivity index (χ0n) is 17.5. The van der Waals surface area contributed by atoms with Crippen molar-refractivity contribution in [3.05, 3.63) is 54.1 Å². The fourth-order valence-corrected chi connectivity index (χ4v) is 5.36. The first-order valence-electron chi connectivity index (χ1n) is 10.7. The van der Waals surface area contributed by atoms with Crippen LogP contribution in [0.5, 0.6) is 0 Å². The molecule has 2 aromatic carbocycles. The summed E-state index contributed by atoms with van der Waals surface area (Å²) in [5.41, 5.74) is 2.92. The van der Waals surface area contributed by atoms with Crippen molar-refractivity contribution in [2.24, 2.45) is 0 Å². The van der Waals surface area contributed by atoms with Crippen molar-refractivity contribution in [3.8, 4) is 0 Å². The summed E-state index contributed by atoms with van der Waals surface area (Å²) in [7, 11) is -2.00. The lowest BCUT2D eigenvalue weighted by atomic mass is 10.1. The van der Waals surface area contributed by atoms with Crippen molar-refractivity contribution >= 4 is 27.3 Å². The van der Waals surface area contributed by atoms with Crippen LogP contribution in [0.25, 0.3) is 0 Å². The summed E-state index contributed by atoms with van der Waals surface area (Å²) in [5.74, 6) is 0.0933. The third-order valence-corrected chi connectivity index (χ3v) is 7.81. The summed E-state index contributed by atoms with van der Waals surface area (Å²) < 4.78 is 27.3. The van der Waals surface area contributed by atoms with Gasteiger partial charge < -0.3 is 9.80 Å². The number of nitrogens with zero attached hydrogens (tertiary/aromatic N) is 3. The van der Waals surface area contributed by atoms with Gasteiger partial charge in [0.1, 0.15) is 0 Å². The van der Waals surface area contributed by atoms with Gasteiger partial charge >= 0.3 is 0 Å². The molecule has 1 amide bonds. The van der Waals surface area contributed by atoms with E-state index in [-0.39, 0.29) is 10.8 Å². The molecule has 2 aliphatic heterocycles. The molecule has 0 N–H and O–H groups in total. The zero-order valence-corrected chi connectivity index (χ0v) is 18.3. The molecule has 0 radical (unpaired) electrons. The van der Waals surface area contributed by atoms with Crippen molar-refractivity contribution < 1.29 is 13.2 Å². The van der Waals surface area contributed by atoms with Crippen molar-refractivity contribution in [1.82, 2.24) is 4.31 Å². The summed E-state index contributed by atoms with van der Waals surface area (Å²) >= 11 is 0. The number of carbonyl (C=O) groups is 1. The molecule has 0 spiro atoms. The summed E-state index contributed by atoms with van der Waals surface area (Å²) in [6.45, 7) is 3.19. The number of carbonyl (C=O) groups excluding carboxylic acids is 1. The Balaban J connectivity index is 1.43. The lowest BCUT2D eigenvalue weighted by molar-refractivity contribution is -0.117. The fraction of sp³-hybridized carbons (Fsp3) is 0.435. The topological polar surface area (TPSA) is 60.9 Å². The Kier molecular flexibility index (Phi) is 6.11. The number of hydrogen-bond donors (Lipinski definition) is 0. The normalized spacial score (nSPS) is 17.7. The van der Waals surface area contributed by atoms with Gasteiger partial charge in [-0.1, -0.05) is 12.1 Å². The van der Waals surface area contributed by atoms with Crippen LogP contribution < -0.4 is 9.80 Å². The number of sulfonamides is 1. The quantitative estimate of drug-likeness (QED) is 0.706. The van der Waals surface area contributed by atoms with E-state index in [1.165, 1.54) is 29.3 Å². The van der Waals surface area contributed by atoms with Gasteiger partial charge in [-0.2, -0.15) is 4.31 Å². The van der Waals surface area contributed by atoms with Crippen molar-refractivity contribution in [1.29, 1.82) is 0 Å². The van der Waals surface area contributed by atoms with E-state index in [0.29, 0.717) is 19.5 Å². The van der Waals surface area contributed by atoms with Gasteiger partial charge in [0, 0.05) is 51.0 Å². The Morgan fingerprint density at radius 3 is 2.07 bits per heavy atom. The van der Waals surface area contributed by atoms with Crippen LogP contribution in [0.3, 0.4) is 0 Å². The SMILES string of the molecule is CN(Cc1ccc(N2CCCCC2)cc1)S(=O)(=O)c1ccc(N2CCCC2=O)cc1. The van der Waals surface area contributed by atoms with Crippen LogP contribution in [0.2, 0.25) is 0 Å². The number of anilines is 2. The molecular weight excluding hydrogens is 398 g/mol. The molecule has 0 bridgehead atoms. The maximum absolute atomic E-state index is 13.0. The molecule has 2 aliphatic rings. The van der Waals surface area contributed by atoms with Crippen LogP contribution in [0.1, 0.15) is 37.7 Å². The smallest absolute Gasteiger partial charge is 0.243 e. The van der Waals surface area contributed by atoms with Crippen molar-refractivity contribution in [3.63, 3.8) is 0 Å². The minimum Gasteiger partial charge on any atom is -0.372 e. The predicted octanol–water partition coefficient (Wildman–Crippen LogP) is 3.62. The molecule has 7 heteroatoms. The molecule has 30 heavy (non-hydrogen) atoms. The molecule has 0 atom stereocenters. The summed E-state index contributed by atoms with van der Waals surface area (Å²) in [4.78, 5) is 16.2. The van der Waals surface area contributed by atoms with Gasteiger partial charge in [0.25, 0.3) is 0 Å². The van der Waals surface area contributed by atoms with Gasteiger partial charge in [0.05, 0.1) is 4.90 Å². The molecule has 2 heterocycles. The highest BCUT2D eigenvalue weighted by atomic mass is 32.2. The molecule has 2 saturated heterocycles. The second-order valence-corrected chi connectivity index (χ2v) is 10.2. The van der Waals surface area contributed by atoms with E-state index in [2.05, 4.69) is 17.0 Å². The molecule has 0 aliphatic carbocycles. The number of hydrogen-bond acceptors (Lipinski definition) is 4. The van der Waals surface area contributed by atoms with Crippen LogP contribution >= 0.6 is 0 Å². The zero-order chi connectivity index (χ0) is 21.1. The molecule has 0 aromatic heterocycles. The average Bonchev–Trinajstić information content (AvgIpc) is 3.21. The molecule has 4 rings (SSSR count). The lowest BCUT2D eigenvalue weighted by Gasteiger charge is -2.29. The van der Waals surface area contributed by atoms with E-state index in [1.807, 2.05) is 12.1 Å². The highest BCUT2D eigenvalue weighted by molar-refractivity contribution is 7.89. The Morgan fingerprint density at radius 2 is 1.47 bits per heavy atom. The van der Waals surface area contributed by atoms with E-state index in [4.69, 9.17) is 0 Å². The minimum atomic E-state index is -3.60. The van der Waals surface area contributed by atoms with Crippen LogP contribution in [-0.2, 0) is 21.4 Å². The molecule has 0 unspecified atom stereocenters. The molecular formula is C23H29N3O3S. The molecule has 160 valence electrons. The third-order valence-electron chi connectivity index (χ3n) is 5.99. The molecule has 2 fully saturated rings. The van der Waals surface area contributed by atoms with Crippen LogP contribution in [-0.4, -0.2) is 45.3 Å². The second-order valence-electron chi connectivity index (χ2n) is 8.12. The highest BCUT2D eigenvalue weighted by Crippen LogP contribution is 2.25. The van der Waals surface area contributed by atoms with E-state index in [1.54, 1.807) is 36.2 Å². The second kappa shape index (κ2) is 8.78. The standard InChI is InChI=1S/C23H29N3O3S/c1-24(18-19-7-9-20(10-8-19)25-15-3-2-4-16-25)30(28,29)22-13-11-21(12-14-22)26-17-5-6-23(26)27/h7-14H,2-6,15-18H2,1H3. The maximum atomic E-state index is 13.0. The first-order valence-corrected chi connectivity index (χ1v) is 12.1. The van der Waals surface area contributed by atoms with Crippen molar-refractivity contribution in [2.75, 3.05) is 36.5 Å². The number of piperidine rings is 1. The monoisotopic (exact) mass is 427 g/mol. The molecule has 0 saturated carbocycles. The number of amides is 1.